The maximum atomic E-state index is 12.1. The molecule has 1 unspecified atom stereocenters. The van der Waals surface area contributed by atoms with Crippen LogP contribution in [0.2, 0.25) is 0 Å². The molecule has 1 rings (SSSR count). The van der Waals surface area contributed by atoms with Crippen molar-refractivity contribution in [3.8, 4) is 6.07 Å². The van der Waals surface area contributed by atoms with E-state index in [1.54, 1.807) is 27.2 Å². The van der Waals surface area contributed by atoms with E-state index in [0.717, 1.165) is 9.80 Å². The molecule has 6 nitrogen and oxygen atoms in total. The first-order valence-corrected chi connectivity index (χ1v) is 7.82. The highest BCUT2D eigenvalue weighted by Gasteiger charge is 2.16. The summed E-state index contributed by atoms with van der Waals surface area (Å²) in [6.07, 6.45) is 0. The third-order valence-electron chi connectivity index (χ3n) is 2.87. The van der Waals surface area contributed by atoms with Gasteiger partial charge in [-0.1, -0.05) is 12.1 Å². The Kier molecular flexibility index (Phi) is 7.43. The Morgan fingerprint density at radius 1 is 1.32 bits per heavy atom. The summed E-state index contributed by atoms with van der Waals surface area (Å²) >= 11 is 1.38. The standard InChI is InChI=1S/C15H20N4O2S/c1-18(2)15(21)11-19(3)10-14(20)17-12-6-4-5-7-13(12)22-9-8-16/h4-7H,9-11H2,1-3H3,(H,17,20)/p+1. The number of nitrogens with one attached hydrogen (secondary N) is 2. The molecule has 0 aliphatic rings. The van der Waals surface area contributed by atoms with Gasteiger partial charge in [-0.15, -0.1) is 11.8 Å². The van der Waals surface area contributed by atoms with Gasteiger partial charge in [0.05, 0.1) is 24.6 Å². The monoisotopic (exact) mass is 321 g/mol. The van der Waals surface area contributed by atoms with Gasteiger partial charge in [-0.2, -0.15) is 5.26 Å². The molecule has 1 atom stereocenters. The Bertz CT molecular complexity index is 569. The fourth-order valence-electron chi connectivity index (χ4n) is 1.75. The SMILES string of the molecule is CN(C)C(=O)C[NH+](C)CC(=O)Nc1ccccc1SCC#N. The van der Waals surface area contributed by atoms with Crippen molar-refractivity contribution in [1.29, 1.82) is 5.26 Å². The summed E-state index contributed by atoms with van der Waals surface area (Å²) in [6, 6.07) is 9.43. The minimum Gasteiger partial charge on any atom is -0.344 e. The molecular formula is C15H21N4O2S+. The topological polar surface area (TPSA) is 77.6 Å². The molecule has 0 aliphatic heterocycles. The van der Waals surface area contributed by atoms with E-state index in [-0.39, 0.29) is 24.9 Å². The fraction of sp³-hybridized carbons (Fsp3) is 0.400. The highest BCUT2D eigenvalue weighted by Crippen LogP contribution is 2.26. The third-order valence-corrected chi connectivity index (χ3v) is 3.81. The van der Waals surface area contributed by atoms with Gasteiger partial charge in [0.15, 0.2) is 13.1 Å². The molecule has 0 saturated heterocycles. The summed E-state index contributed by atoms with van der Waals surface area (Å²) in [6.45, 7) is 0.474. The van der Waals surface area contributed by atoms with Crippen LogP contribution in [-0.2, 0) is 9.59 Å². The average Bonchev–Trinajstić information content (AvgIpc) is 2.45. The number of likely N-dealkylation sites (N-methyl/N-ethyl adjacent to an activating group) is 2. The van der Waals surface area contributed by atoms with Crippen LogP contribution in [0.5, 0.6) is 0 Å². The van der Waals surface area contributed by atoms with E-state index in [2.05, 4.69) is 11.4 Å². The Hall–Kier alpha value is -2.04. The normalized spacial score (nSPS) is 11.4. The maximum absolute atomic E-state index is 12.1. The summed E-state index contributed by atoms with van der Waals surface area (Å²) in [5.74, 6) is 0.152. The van der Waals surface area contributed by atoms with E-state index in [1.807, 2.05) is 18.2 Å². The van der Waals surface area contributed by atoms with E-state index in [9.17, 15) is 9.59 Å². The van der Waals surface area contributed by atoms with Crippen molar-refractivity contribution in [2.24, 2.45) is 0 Å². The van der Waals surface area contributed by atoms with Crippen LogP contribution >= 0.6 is 11.8 Å². The van der Waals surface area contributed by atoms with Gasteiger partial charge < -0.3 is 15.1 Å². The van der Waals surface area contributed by atoms with E-state index in [1.165, 1.54) is 16.7 Å². The maximum Gasteiger partial charge on any atom is 0.279 e. The zero-order valence-electron chi connectivity index (χ0n) is 13.0. The number of amides is 2. The Morgan fingerprint density at radius 3 is 2.64 bits per heavy atom. The van der Waals surface area contributed by atoms with E-state index >= 15 is 0 Å². The molecule has 1 aromatic rings. The summed E-state index contributed by atoms with van der Waals surface area (Å²) < 4.78 is 0. The largest absolute Gasteiger partial charge is 0.344 e. The van der Waals surface area contributed by atoms with Crippen LogP contribution in [0.1, 0.15) is 0 Å². The molecule has 1 aromatic carbocycles. The molecule has 22 heavy (non-hydrogen) atoms. The first-order chi connectivity index (χ1) is 10.4. The van der Waals surface area contributed by atoms with Crippen LogP contribution < -0.4 is 10.2 Å². The molecule has 118 valence electrons. The molecule has 2 amide bonds. The summed E-state index contributed by atoms with van der Waals surface area (Å²) in [5.41, 5.74) is 0.694. The number of rotatable bonds is 7. The van der Waals surface area contributed by atoms with Crippen molar-refractivity contribution in [2.75, 3.05) is 45.3 Å². The van der Waals surface area contributed by atoms with Gasteiger partial charge in [0, 0.05) is 19.0 Å². The number of para-hydroxylation sites is 1. The summed E-state index contributed by atoms with van der Waals surface area (Å²) in [5, 5.41) is 11.5. The molecule has 7 heteroatoms. The molecule has 0 radical (unpaired) electrons. The fourth-order valence-corrected chi connectivity index (χ4v) is 2.42. The predicted molar refractivity (Wildman–Crippen MR) is 86.7 cm³/mol. The van der Waals surface area contributed by atoms with Gasteiger partial charge in [0.2, 0.25) is 0 Å². The molecular weight excluding hydrogens is 300 g/mol. The first-order valence-electron chi connectivity index (χ1n) is 6.84. The molecule has 0 aliphatic carbocycles. The van der Waals surface area contributed by atoms with Gasteiger partial charge in [0.1, 0.15) is 0 Å². The molecule has 0 heterocycles. The number of nitriles is 1. The van der Waals surface area contributed by atoms with Crippen LogP contribution in [0, 0.1) is 11.3 Å². The van der Waals surface area contributed by atoms with Gasteiger partial charge in [-0.05, 0) is 12.1 Å². The Labute approximate surface area is 135 Å². The highest BCUT2D eigenvalue weighted by atomic mass is 32.2. The van der Waals surface area contributed by atoms with Crippen molar-refractivity contribution >= 4 is 29.3 Å². The number of carbonyl (C=O) groups excluding carboxylic acids is 2. The van der Waals surface area contributed by atoms with Gasteiger partial charge in [-0.25, -0.2) is 0 Å². The van der Waals surface area contributed by atoms with Crippen molar-refractivity contribution in [3.05, 3.63) is 24.3 Å². The molecule has 0 saturated carbocycles. The van der Waals surface area contributed by atoms with E-state index in [0.29, 0.717) is 11.4 Å². The summed E-state index contributed by atoms with van der Waals surface area (Å²) in [4.78, 5) is 26.9. The van der Waals surface area contributed by atoms with Gasteiger partial charge >= 0.3 is 0 Å². The molecule has 0 bridgehead atoms. The minimum absolute atomic E-state index is 0.0183. The van der Waals surface area contributed by atoms with Gasteiger partial charge in [-0.3, -0.25) is 9.59 Å². The van der Waals surface area contributed by atoms with Gasteiger partial charge in [0.25, 0.3) is 11.8 Å². The number of carbonyl (C=O) groups is 2. The van der Waals surface area contributed by atoms with Crippen molar-refractivity contribution in [1.82, 2.24) is 4.90 Å². The molecule has 2 N–H and O–H groups in total. The number of hydrogen-bond acceptors (Lipinski definition) is 4. The van der Waals surface area contributed by atoms with Crippen molar-refractivity contribution in [2.45, 2.75) is 4.90 Å². The number of nitrogens with zero attached hydrogens (tertiary/aromatic N) is 2. The number of thioether (sulfide) groups is 1. The average molecular weight is 321 g/mol. The van der Waals surface area contributed by atoms with Crippen LogP contribution in [0.15, 0.2) is 29.2 Å². The Morgan fingerprint density at radius 2 is 2.00 bits per heavy atom. The number of hydrogen-bond donors (Lipinski definition) is 2. The lowest BCUT2D eigenvalue weighted by Crippen LogP contribution is -3.11. The Balaban J connectivity index is 2.58. The second-order valence-electron chi connectivity index (χ2n) is 5.09. The van der Waals surface area contributed by atoms with Crippen LogP contribution in [-0.4, -0.2) is 56.7 Å². The second-order valence-corrected chi connectivity index (χ2v) is 6.11. The summed E-state index contributed by atoms with van der Waals surface area (Å²) in [7, 11) is 5.19. The molecule has 0 fully saturated rings. The third kappa shape index (κ3) is 6.16. The molecule has 0 aromatic heterocycles. The lowest BCUT2D eigenvalue weighted by Gasteiger charge is -2.16. The smallest absolute Gasteiger partial charge is 0.279 e. The van der Waals surface area contributed by atoms with Crippen molar-refractivity contribution < 1.29 is 14.5 Å². The van der Waals surface area contributed by atoms with Crippen LogP contribution in [0.25, 0.3) is 0 Å². The highest BCUT2D eigenvalue weighted by molar-refractivity contribution is 7.99. The zero-order chi connectivity index (χ0) is 16.5. The van der Waals surface area contributed by atoms with E-state index in [4.69, 9.17) is 5.26 Å². The quantitative estimate of drug-likeness (QED) is 0.685. The van der Waals surface area contributed by atoms with Crippen molar-refractivity contribution in [3.63, 3.8) is 0 Å². The second kappa shape index (κ2) is 9.07. The number of anilines is 1. The lowest BCUT2D eigenvalue weighted by atomic mass is 10.3. The zero-order valence-corrected chi connectivity index (χ0v) is 13.9. The van der Waals surface area contributed by atoms with Crippen LogP contribution in [0.4, 0.5) is 5.69 Å². The minimum atomic E-state index is -0.158. The number of benzene rings is 1. The predicted octanol–water partition coefficient (Wildman–Crippen LogP) is -0.156. The molecule has 0 spiro atoms. The van der Waals surface area contributed by atoms with Crippen LogP contribution in [0.3, 0.4) is 0 Å². The number of quaternary nitrogens is 1. The first kappa shape index (κ1) is 18.0. The van der Waals surface area contributed by atoms with E-state index < -0.39 is 0 Å². The lowest BCUT2D eigenvalue weighted by molar-refractivity contribution is -0.862.